The third kappa shape index (κ3) is 4.48. The van der Waals surface area contributed by atoms with Crippen molar-refractivity contribution in [3.8, 4) is 11.3 Å². The molecule has 3 aromatic rings. The highest BCUT2D eigenvalue weighted by atomic mass is 19.1. The molecule has 1 aromatic carbocycles. The van der Waals surface area contributed by atoms with Gasteiger partial charge in [0.2, 0.25) is 5.91 Å². The summed E-state index contributed by atoms with van der Waals surface area (Å²) in [5.41, 5.74) is 2.23. The third-order valence-corrected chi connectivity index (χ3v) is 5.28. The number of likely N-dealkylation sites (tertiary alicyclic amines) is 1. The van der Waals surface area contributed by atoms with Gasteiger partial charge in [-0.2, -0.15) is 5.10 Å². The van der Waals surface area contributed by atoms with Crippen LogP contribution in [0, 0.1) is 5.82 Å². The lowest BCUT2D eigenvalue weighted by atomic mass is 9.96. The van der Waals surface area contributed by atoms with Gasteiger partial charge in [0.25, 0.3) is 0 Å². The van der Waals surface area contributed by atoms with Gasteiger partial charge in [0.15, 0.2) is 0 Å². The average molecular weight is 408 g/mol. The summed E-state index contributed by atoms with van der Waals surface area (Å²) < 4.78 is 15.3. The van der Waals surface area contributed by atoms with E-state index < -0.39 is 0 Å². The molecule has 30 heavy (non-hydrogen) atoms. The van der Waals surface area contributed by atoms with E-state index in [1.807, 2.05) is 31.1 Å². The van der Waals surface area contributed by atoms with Crippen molar-refractivity contribution < 1.29 is 9.18 Å². The summed E-state index contributed by atoms with van der Waals surface area (Å²) in [7, 11) is 1.85. The molecule has 1 aliphatic heterocycles. The fourth-order valence-corrected chi connectivity index (χ4v) is 3.77. The zero-order valence-electron chi connectivity index (χ0n) is 17.2. The molecule has 156 valence electrons. The Balaban J connectivity index is 1.69. The molecule has 3 heterocycles. The van der Waals surface area contributed by atoms with Gasteiger partial charge in [-0.05, 0) is 31.0 Å². The number of aromatic nitrogens is 4. The minimum atomic E-state index is -0.317. The molecule has 1 aliphatic rings. The Morgan fingerprint density at radius 2 is 2.17 bits per heavy atom. The van der Waals surface area contributed by atoms with Gasteiger partial charge < -0.3 is 10.2 Å². The maximum absolute atomic E-state index is 13.6. The van der Waals surface area contributed by atoms with Gasteiger partial charge in [0, 0.05) is 56.0 Å². The van der Waals surface area contributed by atoms with Crippen molar-refractivity contribution in [2.75, 3.05) is 18.4 Å². The van der Waals surface area contributed by atoms with E-state index in [2.05, 4.69) is 10.4 Å². The van der Waals surface area contributed by atoms with Crippen LogP contribution in [-0.2, 0) is 11.8 Å². The number of nitrogens with one attached hydrogen (secondary N) is 1. The highest BCUT2D eigenvalue weighted by molar-refractivity contribution is 5.76. The quantitative estimate of drug-likeness (QED) is 0.693. The summed E-state index contributed by atoms with van der Waals surface area (Å²) in [4.78, 5) is 23.6. The number of amides is 1. The third-order valence-electron chi connectivity index (χ3n) is 5.28. The molecule has 1 atom stereocenters. The Kier molecular flexibility index (Phi) is 5.74. The molecular formula is C22H25FN6O. The highest BCUT2D eigenvalue weighted by Crippen LogP contribution is 2.29. The summed E-state index contributed by atoms with van der Waals surface area (Å²) in [5.74, 6) is 1.16. The second-order valence-corrected chi connectivity index (χ2v) is 7.57. The molecule has 1 saturated heterocycles. The number of carbonyl (C=O) groups is 1. The van der Waals surface area contributed by atoms with E-state index in [0.29, 0.717) is 30.3 Å². The van der Waals surface area contributed by atoms with Crippen LogP contribution >= 0.6 is 0 Å². The number of carbonyl (C=O) groups excluding carboxylic acids is 1. The summed E-state index contributed by atoms with van der Waals surface area (Å²) in [6.45, 7) is 3.27. The topological polar surface area (TPSA) is 75.9 Å². The van der Waals surface area contributed by atoms with Gasteiger partial charge in [0.1, 0.15) is 17.5 Å². The number of piperidine rings is 1. The molecule has 1 fully saturated rings. The molecule has 8 heteroatoms. The first-order valence-corrected chi connectivity index (χ1v) is 10.2. The monoisotopic (exact) mass is 408 g/mol. The standard InChI is InChI=1S/C22H25FN6O/c1-3-21(30)29-9-5-6-15(14-29)22-26-19(16-12-24-28(2)13-16)11-20(27-22)25-18-8-4-7-17(23)10-18/h4,7-8,10-13,15H,3,5-6,9,14H2,1-2H3,(H,25,26,27). The first kappa shape index (κ1) is 20.0. The molecule has 0 saturated carbocycles. The summed E-state index contributed by atoms with van der Waals surface area (Å²) in [5, 5.41) is 7.43. The largest absolute Gasteiger partial charge is 0.342 e. The Labute approximate surface area is 175 Å². The molecule has 0 radical (unpaired) electrons. The lowest BCUT2D eigenvalue weighted by Crippen LogP contribution is -2.39. The predicted molar refractivity (Wildman–Crippen MR) is 113 cm³/mol. The number of rotatable bonds is 5. The van der Waals surface area contributed by atoms with Gasteiger partial charge >= 0.3 is 0 Å². The van der Waals surface area contributed by atoms with Crippen molar-refractivity contribution >= 4 is 17.4 Å². The van der Waals surface area contributed by atoms with Crippen molar-refractivity contribution in [1.29, 1.82) is 0 Å². The zero-order valence-corrected chi connectivity index (χ0v) is 17.2. The predicted octanol–water partition coefficient (Wildman–Crippen LogP) is 3.88. The van der Waals surface area contributed by atoms with E-state index in [1.54, 1.807) is 23.0 Å². The van der Waals surface area contributed by atoms with Gasteiger partial charge in [-0.15, -0.1) is 0 Å². The molecular weight excluding hydrogens is 383 g/mol. The van der Waals surface area contributed by atoms with E-state index in [1.165, 1.54) is 12.1 Å². The minimum absolute atomic E-state index is 0.0546. The Morgan fingerprint density at radius 1 is 1.30 bits per heavy atom. The number of anilines is 2. The molecule has 1 unspecified atom stereocenters. The number of hydrogen-bond acceptors (Lipinski definition) is 5. The Bertz CT molecular complexity index is 1050. The van der Waals surface area contributed by atoms with Crippen molar-refractivity contribution in [2.24, 2.45) is 7.05 Å². The van der Waals surface area contributed by atoms with E-state index in [4.69, 9.17) is 9.97 Å². The Hall–Kier alpha value is -3.29. The van der Waals surface area contributed by atoms with Gasteiger partial charge in [-0.3, -0.25) is 9.48 Å². The van der Waals surface area contributed by atoms with Crippen LogP contribution in [-0.4, -0.2) is 43.6 Å². The van der Waals surface area contributed by atoms with Gasteiger partial charge in [-0.25, -0.2) is 14.4 Å². The number of benzene rings is 1. The van der Waals surface area contributed by atoms with Crippen LogP contribution in [0.1, 0.15) is 37.9 Å². The van der Waals surface area contributed by atoms with Crippen LogP contribution < -0.4 is 5.32 Å². The maximum Gasteiger partial charge on any atom is 0.222 e. The lowest BCUT2D eigenvalue weighted by Gasteiger charge is -2.32. The number of hydrogen-bond donors (Lipinski definition) is 1. The highest BCUT2D eigenvalue weighted by Gasteiger charge is 2.26. The molecule has 0 spiro atoms. The second-order valence-electron chi connectivity index (χ2n) is 7.57. The number of nitrogens with zero attached hydrogens (tertiary/aromatic N) is 5. The zero-order chi connectivity index (χ0) is 21.1. The number of aryl methyl sites for hydroxylation is 1. The van der Waals surface area contributed by atoms with Crippen LogP contribution in [0.5, 0.6) is 0 Å². The minimum Gasteiger partial charge on any atom is -0.342 e. The van der Waals surface area contributed by atoms with Gasteiger partial charge in [0.05, 0.1) is 11.9 Å². The molecule has 4 rings (SSSR count). The molecule has 1 N–H and O–H groups in total. The number of halogens is 1. The lowest BCUT2D eigenvalue weighted by molar-refractivity contribution is -0.132. The smallest absolute Gasteiger partial charge is 0.222 e. The van der Waals surface area contributed by atoms with E-state index in [9.17, 15) is 9.18 Å². The second kappa shape index (κ2) is 8.61. The molecule has 0 bridgehead atoms. The molecule has 1 amide bonds. The maximum atomic E-state index is 13.6. The molecule has 2 aromatic heterocycles. The van der Waals surface area contributed by atoms with Crippen molar-refractivity contribution in [1.82, 2.24) is 24.6 Å². The fourth-order valence-electron chi connectivity index (χ4n) is 3.77. The van der Waals surface area contributed by atoms with E-state index in [0.717, 1.165) is 30.6 Å². The fraction of sp³-hybridized carbons (Fsp3) is 0.364. The summed E-state index contributed by atoms with van der Waals surface area (Å²) >= 11 is 0. The van der Waals surface area contributed by atoms with Crippen LogP contribution in [0.15, 0.2) is 42.7 Å². The summed E-state index contributed by atoms with van der Waals surface area (Å²) in [6.07, 6.45) is 5.99. The first-order chi connectivity index (χ1) is 14.5. The van der Waals surface area contributed by atoms with Crippen LogP contribution in [0.25, 0.3) is 11.3 Å². The Morgan fingerprint density at radius 3 is 2.90 bits per heavy atom. The summed E-state index contributed by atoms with van der Waals surface area (Å²) in [6, 6.07) is 8.10. The molecule has 0 aliphatic carbocycles. The molecule has 7 nitrogen and oxygen atoms in total. The van der Waals surface area contributed by atoms with Crippen LogP contribution in [0.2, 0.25) is 0 Å². The van der Waals surface area contributed by atoms with Crippen molar-refractivity contribution in [3.63, 3.8) is 0 Å². The van der Waals surface area contributed by atoms with Crippen LogP contribution in [0.3, 0.4) is 0 Å². The van der Waals surface area contributed by atoms with Crippen molar-refractivity contribution in [2.45, 2.75) is 32.1 Å². The van der Waals surface area contributed by atoms with E-state index >= 15 is 0 Å². The van der Waals surface area contributed by atoms with Crippen molar-refractivity contribution in [3.05, 3.63) is 54.4 Å². The SMILES string of the molecule is CCC(=O)N1CCCC(c2nc(Nc3cccc(F)c3)cc(-c3cnn(C)c3)n2)C1. The normalized spacial score (nSPS) is 16.5. The van der Waals surface area contributed by atoms with E-state index in [-0.39, 0.29) is 17.6 Å². The van der Waals surface area contributed by atoms with Gasteiger partial charge in [-0.1, -0.05) is 13.0 Å². The average Bonchev–Trinajstić information content (AvgIpc) is 3.19. The first-order valence-electron chi connectivity index (χ1n) is 10.2. The van der Waals surface area contributed by atoms with Crippen LogP contribution in [0.4, 0.5) is 15.9 Å².